The van der Waals surface area contributed by atoms with Crippen LogP contribution in [-0.4, -0.2) is 37.0 Å². The third kappa shape index (κ3) is 5.83. The smallest absolute Gasteiger partial charge is 0.0585 e. The Bertz CT molecular complexity index is 167. The second kappa shape index (κ2) is 8.04. The summed E-state index contributed by atoms with van der Waals surface area (Å²) in [7, 11) is 0. The first kappa shape index (κ1) is 13.9. The van der Waals surface area contributed by atoms with E-state index in [1.807, 2.05) is 0 Å². The van der Waals surface area contributed by atoms with Gasteiger partial charge in [-0.15, -0.1) is 0 Å². The van der Waals surface area contributed by atoms with Gasteiger partial charge in [-0.3, -0.25) is 0 Å². The molecule has 3 nitrogen and oxygen atoms in total. The summed E-state index contributed by atoms with van der Waals surface area (Å²) >= 11 is 0. The highest BCUT2D eigenvalue weighted by molar-refractivity contribution is 4.69. The fourth-order valence-corrected chi connectivity index (χ4v) is 2.35. The van der Waals surface area contributed by atoms with Crippen LogP contribution in [0.15, 0.2) is 0 Å². The Hall–Kier alpha value is -0.120. The molecule has 0 radical (unpaired) electrons. The molecule has 3 heteroatoms. The van der Waals surface area contributed by atoms with Crippen LogP contribution in [0.4, 0.5) is 0 Å². The third-order valence-corrected chi connectivity index (χ3v) is 3.23. The van der Waals surface area contributed by atoms with Crippen LogP contribution in [0, 0.1) is 5.92 Å². The molecular weight excluding hydrogens is 202 g/mol. The SMILES string of the molecule is CC(C)NC(CO)CCOCC1CCCC1. The molecule has 1 unspecified atom stereocenters. The van der Waals surface area contributed by atoms with E-state index in [9.17, 15) is 0 Å². The van der Waals surface area contributed by atoms with Crippen LogP contribution in [-0.2, 0) is 4.74 Å². The molecule has 0 aromatic carbocycles. The summed E-state index contributed by atoms with van der Waals surface area (Å²) in [5.41, 5.74) is 0. The van der Waals surface area contributed by atoms with Gasteiger partial charge in [0.15, 0.2) is 0 Å². The zero-order chi connectivity index (χ0) is 11.8. The number of nitrogens with one attached hydrogen (secondary N) is 1. The van der Waals surface area contributed by atoms with Crippen molar-refractivity contribution in [3.8, 4) is 0 Å². The summed E-state index contributed by atoms with van der Waals surface area (Å²) in [6.07, 6.45) is 6.34. The van der Waals surface area contributed by atoms with Crippen molar-refractivity contribution in [2.75, 3.05) is 19.8 Å². The molecule has 1 atom stereocenters. The molecule has 0 amide bonds. The molecule has 1 rings (SSSR count). The first-order chi connectivity index (χ1) is 7.72. The topological polar surface area (TPSA) is 41.5 Å². The van der Waals surface area contributed by atoms with Crippen LogP contribution < -0.4 is 5.32 Å². The number of hydrogen-bond acceptors (Lipinski definition) is 3. The summed E-state index contributed by atoms with van der Waals surface area (Å²) in [5, 5.41) is 12.5. The molecule has 0 bridgehead atoms. The summed E-state index contributed by atoms with van der Waals surface area (Å²) in [4.78, 5) is 0. The monoisotopic (exact) mass is 229 g/mol. The predicted octanol–water partition coefficient (Wildman–Crippen LogP) is 1.94. The molecule has 0 spiro atoms. The minimum Gasteiger partial charge on any atom is -0.395 e. The average molecular weight is 229 g/mol. The maximum Gasteiger partial charge on any atom is 0.0585 e. The summed E-state index contributed by atoms with van der Waals surface area (Å²) in [6, 6.07) is 0.607. The fourth-order valence-electron chi connectivity index (χ4n) is 2.35. The predicted molar refractivity (Wildman–Crippen MR) is 66.5 cm³/mol. The van der Waals surface area contributed by atoms with E-state index in [4.69, 9.17) is 9.84 Å². The van der Waals surface area contributed by atoms with Gasteiger partial charge in [0, 0.05) is 25.3 Å². The van der Waals surface area contributed by atoms with E-state index in [0.29, 0.717) is 6.04 Å². The van der Waals surface area contributed by atoms with Crippen molar-refractivity contribution >= 4 is 0 Å². The highest BCUT2D eigenvalue weighted by Gasteiger charge is 2.15. The highest BCUT2D eigenvalue weighted by Crippen LogP contribution is 2.24. The Balaban J connectivity index is 1.99. The van der Waals surface area contributed by atoms with Crippen molar-refractivity contribution in [3.63, 3.8) is 0 Å². The molecule has 0 heterocycles. The van der Waals surface area contributed by atoms with E-state index in [1.165, 1.54) is 25.7 Å². The normalized spacial score (nSPS) is 19.5. The van der Waals surface area contributed by atoms with Gasteiger partial charge >= 0.3 is 0 Å². The zero-order valence-electron chi connectivity index (χ0n) is 10.7. The van der Waals surface area contributed by atoms with Gasteiger partial charge in [-0.2, -0.15) is 0 Å². The molecule has 1 aliphatic rings. The number of ether oxygens (including phenoxy) is 1. The van der Waals surface area contributed by atoms with Crippen molar-refractivity contribution in [3.05, 3.63) is 0 Å². The van der Waals surface area contributed by atoms with Crippen molar-refractivity contribution in [2.45, 2.75) is 58.0 Å². The van der Waals surface area contributed by atoms with Crippen molar-refractivity contribution in [2.24, 2.45) is 5.92 Å². The first-order valence-electron chi connectivity index (χ1n) is 6.67. The van der Waals surface area contributed by atoms with E-state index < -0.39 is 0 Å². The van der Waals surface area contributed by atoms with E-state index in [1.54, 1.807) is 0 Å². The number of aliphatic hydroxyl groups excluding tert-OH is 1. The summed E-state index contributed by atoms with van der Waals surface area (Å²) in [6.45, 7) is 6.08. The lowest BCUT2D eigenvalue weighted by atomic mass is 10.1. The molecule has 0 aromatic rings. The zero-order valence-corrected chi connectivity index (χ0v) is 10.7. The van der Waals surface area contributed by atoms with Crippen LogP contribution >= 0.6 is 0 Å². The van der Waals surface area contributed by atoms with Gasteiger partial charge in [-0.1, -0.05) is 26.7 Å². The molecule has 0 saturated heterocycles. The Morgan fingerprint density at radius 2 is 2.00 bits per heavy atom. The lowest BCUT2D eigenvalue weighted by Crippen LogP contribution is -2.38. The molecular formula is C13H27NO2. The van der Waals surface area contributed by atoms with Crippen LogP contribution in [0.2, 0.25) is 0 Å². The molecule has 16 heavy (non-hydrogen) atoms. The van der Waals surface area contributed by atoms with Gasteiger partial charge in [0.25, 0.3) is 0 Å². The second-order valence-corrected chi connectivity index (χ2v) is 5.21. The summed E-state index contributed by atoms with van der Waals surface area (Å²) < 4.78 is 5.68. The van der Waals surface area contributed by atoms with E-state index in [0.717, 1.165) is 25.6 Å². The first-order valence-corrected chi connectivity index (χ1v) is 6.67. The van der Waals surface area contributed by atoms with Crippen molar-refractivity contribution in [1.29, 1.82) is 0 Å². The fraction of sp³-hybridized carbons (Fsp3) is 1.00. The van der Waals surface area contributed by atoms with Gasteiger partial charge in [0.05, 0.1) is 6.61 Å². The van der Waals surface area contributed by atoms with Gasteiger partial charge in [0.2, 0.25) is 0 Å². The molecule has 96 valence electrons. The quantitative estimate of drug-likeness (QED) is 0.625. The third-order valence-electron chi connectivity index (χ3n) is 3.23. The Morgan fingerprint density at radius 3 is 2.56 bits per heavy atom. The summed E-state index contributed by atoms with van der Waals surface area (Å²) in [5.74, 6) is 0.797. The number of hydrogen-bond donors (Lipinski definition) is 2. The minimum atomic E-state index is 0.184. The van der Waals surface area contributed by atoms with E-state index in [-0.39, 0.29) is 12.6 Å². The number of aliphatic hydroxyl groups is 1. The van der Waals surface area contributed by atoms with Gasteiger partial charge in [-0.25, -0.2) is 0 Å². The average Bonchev–Trinajstić information content (AvgIpc) is 2.74. The van der Waals surface area contributed by atoms with Crippen molar-refractivity contribution in [1.82, 2.24) is 5.32 Å². The lowest BCUT2D eigenvalue weighted by molar-refractivity contribution is 0.0859. The molecule has 1 saturated carbocycles. The Labute approximate surface area is 99.6 Å². The van der Waals surface area contributed by atoms with E-state index >= 15 is 0 Å². The minimum absolute atomic E-state index is 0.184. The highest BCUT2D eigenvalue weighted by atomic mass is 16.5. The second-order valence-electron chi connectivity index (χ2n) is 5.21. The molecule has 0 aliphatic heterocycles. The maximum absolute atomic E-state index is 9.17. The van der Waals surface area contributed by atoms with Crippen LogP contribution in [0.25, 0.3) is 0 Å². The lowest BCUT2D eigenvalue weighted by Gasteiger charge is -2.19. The van der Waals surface area contributed by atoms with Crippen molar-refractivity contribution < 1.29 is 9.84 Å². The molecule has 1 aliphatic carbocycles. The van der Waals surface area contributed by atoms with Gasteiger partial charge in [0.1, 0.15) is 0 Å². The van der Waals surface area contributed by atoms with Crippen LogP contribution in [0.3, 0.4) is 0 Å². The largest absolute Gasteiger partial charge is 0.395 e. The Kier molecular flexibility index (Phi) is 7.01. The molecule has 0 aromatic heterocycles. The van der Waals surface area contributed by atoms with Crippen LogP contribution in [0.1, 0.15) is 46.0 Å². The van der Waals surface area contributed by atoms with Gasteiger partial charge < -0.3 is 15.2 Å². The number of rotatable bonds is 8. The Morgan fingerprint density at radius 1 is 1.31 bits per heavy atom. The standard InChI is InChI=1S/C13H27NO2/c1-11(2)14-13(9-15)7-8-16-10-12-5-3-4-6-12/h11-15H,3-10H2,1-2H3. The molecule has 1 fully saturated rings. The molecule has 2 N–H and O–H groups in total. The van der Waals surface area contributed by atoms with Gasteiger partial charge in [-0.05, 0) is 25.2 Å². The van der Waals surface area contributed by atoms with E-state index in [2.05, 4.69) is 19.2 Å². The maximum atomic E-state index is 9.17. The van der Waals surface area contributed by atoms with Crippen LogP contribution in [0.5, 0.6) is 0 Å².